The molecule has 0 aromatic heterocycles. The Kier molecular flexibility index (Phi) is 4.39. The van der Waals surface area contributed by atoms with Crippen molar-refractivity contribution in [1.82, 2.24) is 5.32 Å². The fourth-order valence-electron chi connectivity index (χ4n) is 2.72. The van der Waals surface area contributed by atoms with Crippen LogP contribution in [0.5, 0.6) is 5.75 Å². The number of nitrogens with one attached hydrogen (secondary N) is 1. The van der Waals surface area contributed by atoms with Gasteiger partial charge in [-0.25, -0.2) is 0 Å². The molecule has 1 aliphatic rings. The van der Waals surface area contributed by atoms with Gasteiger partial charge in [-0.1, -0.05) is 35.9 Å². The van der Waals surface area contributed by atoms with Gasteiger partial charge in [0.1, 0.15) is 12.4 Å². The average molecular weight is 328 g/mol. The molecule has 2 aromatic carbocycles. The highest BCUT2D eigenvalue weighted by Crippen LogP contribution is 2.29. The van der Waals surface area contributed by atoms with Crippen LogP contribution in [0.1, 0.15) is 29.7 Å². The highest BCUT2D eigenvalue weighted by molar-refractivity contribution is 6.30. The van der Waals surface area contributed by atoms with Gasteiger partial charge < -0.3 is 10.1 Å². The summed E-state index contributed by atoms with van der Waals surface area (Å²) in [6, 6.07) is 13.4. The smallest absolute Gasteiger partial charge is 0.251 e. The number of ether oxygens (including phenoxy) is 1. The molecular weight excluding hydrogens is 310 g/mol. The van der Waals surface area contributed by atoms with Crippen molar-refractivity contribution in [3.05, 3.63) is 69.8 Å². The van der Waals surface area contributed by atoms with Gasteiger partial charge in [-0.15, -0.1) is 0 Å². The fourth-order valence-corrected chi connectivity index (χ4v) is 2.90. The Hall–Kier alpha value is -2.26. The SMILES string of the molecule is Cc1ccccc1C(C)NC(=O)C1=Cc2cc(Cl)ccc2OC1. The molecule has 0 saturated carbocycles. The lowest BCUT2D eigenvalue weighted by Gasteiger charge is -2.21. The van der Waals surface area contributed by atoms with E-state index in [4.69, 9.17) is 16.3 Å². The molecule has 0 aliphatic carbocycles. The minimum absolute atomic E-state index is 0.0645. The number of aryl methyl sites for hydroxylation is 1. The van der Waals surface area contributed by atoms with Crippen LogP contribution in [0.4, 0.5) is 0 Å². The number of fused-ring (bicyclic) bond motifs is 1. The van der Waals surface area contributed by atoms with E-state index in [1.165, 1.54) is 0 Å². The second kappa shape index (κ2) is 6.47. The maximum Gasteiger partial charge on any atom is 0.251 e. The molecule has 3 rings (SSSR count). The van der Waals surface area contributed by atoms with Crippen LogP contribution in [-0.2, 0) is 4.79 Å². The molecule has 1 atom stereocenters. The molecule has 4 heteroatoms. The van der Waals surface area contributed by atoms with Crippen molar-refractivity contribution in [2.75, 3.05) is 6.61 Å². The van der Waals surface area contributed by atoms with E-state index in [1.54, 1.807) is 12.1 Å². The first kappa shape index (κ1) is 15.6. The molecule has 2 aromatic rings. The molecule has 0 saturated heterocycles. The van der Waals surface area contributed by atoms with Crippen molar-refractivity contribution >= 4 is 23.6 Å². The lowest BCUT2D eigenvalue weighted by Crippen LogP contribution is -2.31. The molecule has 23 heavy (non-hydrogen) atoms. The van der Waals surface area contributed by atoms with Gasteiger partial charge >= 0.3 is 0 Å². The van der Waals surface area contributed by atoms with Crippen molar-refractivity contribution in [3.63, 3.8) is 0 Å². The van der Waals surface area contributed by atoms with Crippen LogP contribution in [-0.4, -0.2) is 12.5 Å². The van der Waals surface area contributed by atoms with Gasteiger partial charge in [0.05, 0.1) is 11.6 Å². The summed E-state index contributed by atoms with van der Waals surface area (Å²) >= 11 is 6.00. The van der Waals surface area contributed by atoms with E-state index >= 15 is 0 Å². The van der Waals surface area contributed by atoms with E-state index in [2.05, 4.69) is 5.32 Å². The Morgan fingerprint density at radius 3 is 2.83 bits per heavy atom. The summed E-state index contributed by atoms with van der Waals surface area (Å²) in [5, 5.41) is 3.66. The largest absolute Gasteiger partial charge is 0.488 e. The second-order valence-electron chi connectivity index (χ2n) is 5.69. The number of rotatable bonds is 3. The van der Waals surface area contributed by atoms with Gasteiger partial charge in [-0.05, 0) is 49.2 Å². The van der Waals surface area contributed by atoms with Crippen molar-refractivity contribution in [2.45, 2.75) is 19.9 Å². The predicted octanol–water partition coefficient (Wildman–Crippen LogP) is 4.30. The Labute approximate surface area is 140 Å². The molecule has 1 amide bonds. The van der Waals surface area contributed by atoms with Crippen LogP contribution < -0.4 is 10.1 Å². The number of carbonyl (C=O) groups is 1. The normalized spacial score (nSPS) is 14.3. The van der Waals surface area contributed by atoms with Gasteiger partial charge in [0.25, 0.3) is 5.91 Å². The second-order valence-corrected chi connectivity index (χ2v) is 6.13. The van der Waals surface area contributed by atoms with E-state index < -0.39 is 0 Å². The molecule has 0 bridgehead atoms. The third-order valence-corrected chi connectivity index (χ3v) is 4.21. The third-order valence-electron chi connectivity index (χ3n) is 3.98. The zero-order valence-corrected chi connectivity index (χ0v) is 13.9. The maximum atomic E-state index is 12.5. The zero-order valence-electron chi connectivity index (χ0n) is 13.1. The number of amides is 1. The van der Waals surface area contributed by atoms with E-state index in [-0.39, 0.29) is 18.6 Å². The minimum atomic E-state index is -0.119. The summed E-state index contributed by atoms with van der Waals surface area (Å²) in [5.41, 5.74) is 3.70. The lowest BCUT2D eigenvalue weighted by atomic mass is 10.0. The van der Waals surface area contributed by atoms with Gasteiger partial charge in [0.15, 0.2) is 0 Å². The van der Waals surface area contributed by atoms with E-state index in [9.17, 15) is 4.79 Å². The van der Waals surface area contributed by atoms with E-state index in [1.807, 2.05) is 50.3 Å². The van der Waals surface area contributed by atoms with Crippen molar-refractivity contribution in [1.29, 1.82) is 0 Å². The Bertz CT molecular complexity index is 783. The highest BCUT2D eigenvalue weighted by atomic mass is 35.5. The van der Waals surface area contributed by atoms with Crippen molar-refractivity contribution in [2.24, 2.45) is 0 Å². The van der Waals surface area contributed by atoms with Gasteiger partial charge in [0.2, 0.25) is 0 Å². The van der Waals surface area contributed by atoms with Crippen LogP contribution in [0, 0.1) is 6.92 Å². The first-order valence-electron chi connectivity index (χ1n) is 7.54. The fraction of sp³-hybridized carbons (Fsp3) is 0.211. The number of benzene rings is 2. The zero-order chi connectivity index (χ0) is 16.4. The summed E-state index contributed by atoms with van der Waals surface area (Å²) in [4.78, 5) is 12.5. The molecule has 0 spiro atoms. The molecule has 1 aliphatic heterocycles. The molecule has 118 valence electrons. The Morgan fingerprint density at radius 2 is 2.04 bits per heavy atom. The lowest BCUT2D eigenvalue weighted by molar-refractivity contribution is -0.118. The van der Waals surface area contributed by atoms with Crippen LogP contribution >= 0.6 is 11.6 Å². The molecule has 0 fully saturated rings. The molecule has 1 N–H and O–H groups in total. The third kappa shape index (κ3) is 3.40. The van der Waals surface area contributed by atoms with Crippen LogP contribution in [0.3, 0.4) is 0 Å². The summed E-state index contributed by atoms with van der Waals surface area (Å²) in [6.45, 7) is 4.29. The summed E-state index contributed by atoms with van der Waals surface area (Å²) in [5.74, 6) is 0.629. The van der Waals surface area contributed by atoms with Crippen LogP contribution in [0.2, 0.25) is 5.02 Å². The predicted molar refractivity (Wildman–Crippen MR) is 92.7 cm³/mol. The number of hydrogen-bond donors (Lipinski definition) is 1. The first-order valence-corrected chi connectivity index (χ1v) is 7.91. The van der Waals surface area contributed by atoms with E-state index in [0.717, 1.165) is 22.4 Å². The Balaban J connectivity index is 1.78. The quantitative estimate of drug-likeness (QED) is 0.912. The standard InChI is InChI=1S/C19H18ClNO2/c1-12-5-3-4-6-17(12)13(2)21-19(22)15-9-14-10-16(20)7-8-18(14)23-11-15/h3-10,13H,11H2,1-2H3,(H,21,22). The number of halogens is 1. The monoisotopic (exact) mass is 327 g/mol. The molecule has 1 heterocycles. The Morgan fingerprint density at radius 1 is 1.26 bits per heavy atom. The maximum absolute atomic E-state index is 12.5. The molecular formula is C19H18ClNO2. The summed E-state index contributed by atoms with van der Waals surface area (Å²) in [6.07, 6.45) is 1.84. The number of hydrogen-bond acceptors (Lipinski definition) is 2. The first-order chi connectivity index (χ1) is 11.0. The summed E-state index contributed by atoms with van der Waals surface area (Å²) < 4.78 is 5.64. The van der Waals surface area contributed by atoms with Crippen LogP contribution in [0.25, 0.3) is 6.08 Å². The van der Waals surface area contributed by atoms with Gasteiger partial charge in [-0.2, -0.15) is 0 Å². The van der Waals surface area contributed by atoms with Crippen LogP contribution in [0.15, 0.2) is 48.0 Å². The van der Waals surface area contributed by atoms with E-state index in [0.29, 0.717) is 10.6 Å². The highest BCUT2D eigenvalue weighted by Gasteiger charge is 2.19. The number of carbonyl (C=O) groups excluding carboxylic acids is 1. The molecule has 3 nitrogen and oxygen atoms in total. The van der Waals surface area contributed by atoms with Gasteiger partial charge in [-0.3, -0.25) is 4.79 Å². The molecule has 1 unspecified atom stereocenters. The molecule has 0 radical (unpaired) electrons. The summed E-state index contributed by atoms with van der Waals surface area (Å²) in [7, 11) is 0. The minimum Gasteiger partial charge on any atom is -0.488 e. The topological polar surface area (TPSA) is 38.3 Å². The van der Waals surface area contributed by atoms with Gasteiger partial charge in [0, 0.05) is 10.6 Å². The van der Waals surface area contributed by atoms with Crippen molar-refractivity contribution in [3.8, 4) is 5.75 Å². The van der Waals surface area contributed by atoms with Crippen molar-refractivity contribution < 1.29 is 9.53 Å². The average Bonchev–Trinajstić information content (AvgIpc) is 2.54.